The summed E-state index contributed by atoms with van der Waals surface area (Å²) in [6, 6.07) is 9.19. The highest BCUT2D eigenvalue weighted by Gasteiger charge is 2.11. The van der Waals surface area contributed by atoms with Gasteiger partial charge in [0.2, 0.25) is 0 Å². The van der Waals surface area contributed by atoms with Crippen molar-refractivity contribution in [1.82, 2.24) is 0 Å². The molecule has 2 nitrogen and oxygen atoms in total. The summed E-state index contributed by atoms with van der Waals surface area (Å²) < 4.78 is 19.6. The highest BCUT2D eigenvalue weighted by atomic mass is 79.9. The SMILES string of the molecule is O=Cc1c(F)cccc1Oc1cc(Br)ccc1Cl. The van der Waals surface area contributed by atoms with E-state index in [4.69, 9.17) is 16.3 Å². The van der Waals surface area contributed by atoms with E-state index in [-0.39, 0.29) is 11.3 Å². The maximum absolute atomic E-state index is 13.4. The second-order valence-electron chi connectivity index (χ2n) is 3.45. The number of aldehydes is 1. The molecule has 0 amide bonds. The van der Waals surface area contributed by atoms with Crippen LogP contribution in [0.25, 0.3) is 0 Å². The van der Waals surface area contributed by atoms with E-state index in [1.54, 1.807) is 18.2 Å². The lowest BCUT2D eigenvalue weighted by Crippen LogP contribution is -1.94. The van der Waals surface area contributed by atoms with Crippen molar-refractivity contribution in [1.29, 1.82) is 0 Å². The Hall–Kier alpha value is -1.39. The predicted molar refractivity (Wildman–Crippen MR) is 71.0 cm³/mol. The number of carbonyl (C=O) groups is 1. The standard InChI is InChI=1S/C13H7BrClFO2/c14-8-4-5-10(15)13(6-8)18-12-3-1-2-11(16)9(12)7-17/h1-7H. The maximum atomic E-state index is 13.4. The molecule has 0 unspecified atom stereocenters. The number of halogens is 3. The molecule has 0 N–H and O–H groups in total. The molecule has 0 spiro atoms. The zero-order valence-corrected chi connectivity index (χ0v) is 11.3. The summed E-state index contributed by atoms with van der Waals surface area (Å²) in [6.45, 7) is 0. The van der Waals surface area contributed by atoms with E-state index in [2.05, 4.69) is 15.9 Å². The van der Waals surface area contributed by atoms with Gasteiger partial charge in [-0.2, -0.15) is 0 Å². The third-order valence-electron chi connectivity index (χ3n) is 2.24. The van der Waals surface area contributed by atoms with Gasteiger partial charge in [0, 0.05) is 4.47 Å². The Labute approximate surface area is 116 Å². The molecule has 18 heavy (non-hydrogen) atoms. The summed E-state index contributed by atoms with van der Waals surface area (Å²) >= 11 is 9.23. The highest BCUT2D eigenvalue weighted by molar-refractivity contribution is 9.10. The summed E-state index contributed by atoms with van der Waals surface area (Å²) in [5, 5.41) is 0.374. The fourth-order valence-electron chi connectivity index (χ4n) is 1.39. The molecule has 0 fully saturated rings. The van der Waals surface area contributed by atoms with E-state index in [1.165, 1.54) is 18.2 Å². The van der Waals surface area contributed by atoms with Crippen molar-refractivity contribution in [3.05, 3.63) is 57.3 Å². The first-order chi connectivity index (χ1) is 8.61. The molecule has 2 rings (SSSR count). The number of ether oxygens (including phenoxy) is 1. The smallest absolute Gasteiger partial charge is 0.156 e. The van der Waals surface area contributed by atoms with Crippen LogP contribution < -0.4 is 4.74 Å². The predicted octanol–water partition coefficient (Wildman–Crippen LogP) is 4.85. The van der Waals surface area contributed by atoms with Crippen LogP contribution >= 0.6 is 27.5 Å². The van der Waals surface area contributed by atoms with Gasteiger partial charge in [0.05, 0.1) is 10.6 Å². The van der Waals surface area contributed by atoms with Crippen LogP contribution in [0.3, 0.4) is 0 Å². The fourth-order valence-corrected chi connectivity index (χ4v) is 1.89. The molecular weight excluding hydrogens is 322 g/mol. The average Bonchev–Trinajstić information content (AvgIpc) is 2.34. The lowest BCUT2D eigenvalue weighted by molar-refractivity contribution is 0.111. The molecule has 0 aliphatic carbocycles. The van der Waals surface area contributed by atoms with Crippen LogP contribution in [0.5, 0.6) is 11.5 Å². The molecule has 0 atom stereocenters. The van der Waals surface area contributed by atoms with Crippen molar-refractivity contribution in [2.24, 2.45) is 0 Å². The average molecular weight is 330 g/mol. The number of carbonyl (C=O) groups excluding carboxylic acids is 1. The summed E-state index contributed by atoms with van der Waals surface area (Å²) in [5.41, 5.74) is -0.131. The normalized spacial score (nSPS) is 10.2. The highest BCUT2D eigenvalue weighted by Crippen LogP contribution is 2.33. The Morgan fingerprint density at radius 3 is 2.72 bits per heavy atom. The Morgan fingerprint density at radius 2 is 2.00 bits per heavy atom. The van der Waals surface area contributed by atoms with Gasteiger partial charge in [-0.1, -0.05) is 33.6 Å². The van der Waals surface area contributed by atoms with Gasteiger partial charge in [-0.25, -0.2) is 4.39 Å². The van der Waals surface area contributed by atoms with Gasteiger partial charge in [-0.15, -0.1) is 0 Å². The number of benzene rings is 2. The first kappa shape index (κ1) is 13.1. The lowest BCUT2D eigenvalue weighted by atomic mass is 10.2. The van der Waals surface area contributed by atoms with Crippen LogP contribution in [0.4, 0.5) is 4.39 Å². The van der Waals surface area contributed by atoms with Gasteiger partial charge in [0.1, 0.15) is 17.3 Å². The quantitative estimate of drug-likeness (QED) is 0.753. The van der Waals surface area contributed by atoms with E-state index in [1.807, 2.05) is 0 Å². The van der Waals surface area contributed by atoms with Crippen molar-refractivity contribution in [3.63, 3.8) is 0 Å². The van der Waals surface area contributed by atoms with Crippen molar-refractivity contribution < 1.29 is 13.9 Å². The van der Waals surface area contributed by atoms with E-state index < -0.39 is 5.82 Å². The molecule has 0 saturated heterocycles. The monoisotopic (exact) mass is 328 g/mol. The second kappa shape index (κ2) is 5.50. The molecule has 0 aromatic heterocycles. The summed E-state index contributed by atoms with van der Waals surface area (Å²) in [6.07, 6.45) is 0.413. The molecule has 0 aliphatic rings. The molecule has 0 heterocycles. The molecule has 5 heteroatoms. The van der Waals surface area contributed by atoms with Gasteiger partial charge in [-0.3, -0.25) is 4.79 Å². The van der Waals surface area contributed by atoms with Crippen LogP contribution in [0.2, 0.25) is 5.02 Å². The minimum atomic E-state index is -0.631. The number of rotatable bonds is 3. The van der Waals surface area contributed by atoms with E-state index in [0.29, 0.717) is 17.1 Å². The Bertz CT molecular complexity index is 602. The third-order valence-corrected chi connectivity index (χ3v) is 3.05. The number of hydrogen-bond donors (Lipinski definition) is 0. The van der Waals surface area contributed by atoms with E-state index in [9.17, 15) is 9.18 Å². The number of hydrogen-bond acceptors (Lipinski definition) is 2. The maximum Gasteiger partial charge on any atom is 0.156 e. The fraction of sp³-hybridized carbons (Fsp3) is 0. The Morgan fingerprint density at radius 1 is 1.22 bits per heavy atom. The molecular formula is C13H7BrClFO2. The molecule has 2 aromatic rings. The van der Waals surface area contributed by atoms with Gasteiger partial charge in [0.25, 0.3) is 0 Å². The summed E-state index contributed by atoms with van der Waals surface area (Å²) in [7, 11) is 0. The molecule has 0 radical (unpaired) electrons. The van der Waals surface area contributed by atoms with Crippen LogP contribution in [0.15, 0.2) is 40.9 Å². The third kappa shape index (κ3) is 2.71. The van der Waals surface area contributed by atoms with Gasteiger partial charge in [-0.05, 0) is 30.3 Å². The zero-order chi connectivity index (χ0) is 13.1. The minimum Gasteiger partial charge on any atom is -0.455 e. The first-order valence-electron chi connectivity index (χ1n) is 4.98. The minimum absolute atomic E-state index is 0.130. The van der Waals surface area contributed by atoms with Crippen LogP contribution in [0.1, 0.15) is 10.4 Å². The van der Waals surface area contributed by atoms with Gasteiger partial charge in [0.15, 0.2) is 6.29 Å². The van der Waals surface area contributed by atoms with E-state index in [0.717, 1.165) is 4.47 Å². The summed E-state index contributed by atoms with van der Waals surface area (Å²) in [5.74, 6) is -0.154. The second-order valence-corrected chi connectivity index (χ2v) is 4.77. The topological polar surface area (TPSA) is 26.3 Å². The van der Waals surface area contributed by atoms with Crippen LogP contribution in [-0.4, -0.2) is 6.29 Å². The van der Waals surface area contributed by atoms with Crippen molar-refractivity contribution in [2.75, 3.05) is 0 Å². The van der Waals surface area contributed by atoms with Crippen molar-refractivity contribution in [2.45, 2.75) is 0 Å². The zero-order valence-electron chi connectivity index (χ0n) is 8.99. The molecule has 92 valence electrons. The van der Waals surface area contributed by atoms with Gasteiger partial charge >= 0.3 is 0 Å². The lowest BCUT2D eigenvalue weighted by Gasteiger charge is -2.10. The molecule has 0 aliphatic heterocycles. The first-order valence-corrected chi connectivity index (χ1v) is 6.15. The molecule has 0 bridgehead atoms. The Balaban J connectivity index is 2.43. The Kier molecular flexibility index (Phi) is 3.99. The van der Waals surface area contributed by atoms with Gasteiger partial charge < -0.3 is 4.74 Å². The van der Waals surface area contributed by atoms with Crippen molar-refractivity contribution in [3.8, 4) is 11.5 Å². The largest absolute Gasteiger partial charge is 0.455 e. The molecule has 0 saturated carbocycles. The summed E-state index contributed by atoms with van der Waals surface area (Å²) in [4.78, 5) is 10.8. The van der Waals surface area contributed by atoms with E-state index >= 15 is 0 Å². The van der Waals surface area contributed by atoms with Crippen molar-refractivity contribution >= 4 is 33.8 Å². The molecule has 2 aromatic carbocycles. The van der Waals surface area contributed by atoms with Crippen LogP contribution in [-0.2, 0) is 0 Å². The van der Waals surface area contributed by atoms with Crippen LogP contribution in [0, 0.1) is 5.82 Å².